The lowest BCUT2D eigenvalue weighted by molar-refractivity contribution is 0.0691. The van der Waals surface area contributed by atoms with Gasteiger partial charge in [0.25, 0.3) is 0 Å². The van der Waals surface area contributed by atoms with Crippen molar-refractivity contribution >= 4 is 27.8 Å². The van der Waals surface area contributed by atoms with Gasteiger partial charge in [-0.1, -0.05) is 0 Å². The third-order valence-corrected chi connectivity index (χ3v) is 5.82. The largest absolute Gasteiger partial charge is 0.477 e. The zero-order chi connectivity index (χ0) is 13.4. The van der Waals surface area contributed by atoms with Crippen LogP contribution in [-0.2, 0) is 10.0 Å². The minimum Gasteiger partial charge on any atom is -0.477 e. The normalized spacial score (nSPS) is 17.6. The molecule has 0 aliphatic heterocycles. The van der Waals surface area contributed by atoms with Gasteiger partial charge in [-0.25, -0.2) is 17.9 Å². The van der Waals surface area contributed by atoms with Gasteiger partial charge in [0.1, 0.15) is 10.6 Å². The Morgan fingerprint density at radius 1 is 1.61 bits per heavy atom. The van der Waals surface area contributed by atoms with Gasteiger partial charge in [0, 0.05) is 17.5 Å². The van der Waals surface area contributed by atoms with Gasteiger partial charge >= 0.3 is 5.97 Å². The highest BCUT2D eigenvalue weighted by atomic mass is 32.2. The van der Waals surface area contributed by atoms with Crippen molar-refractivity contribution in [3.8, 4) is 0 Å². The average Bonchev–Trinajstić information content (AvgIpc) is 2.91. The molecule has 0 atom stereocenters. The molecule has 0 radical (unpaired) electrons. The Morgan fingerprint density at radius 3 is 2.72 bits per heavy atom. The van der Waals surface area contributed by atoms with E-state index in [0.717, 1.165) is 18.9 Å². The summed E-state index contributed by atoms with van der Waals surface area (Å²) in [4.78, 5) is 13.0. The van der Waals surface area contributed by atoms with Crippen molar-refractivity contribution in [2.24, 2.45) is 0 Å². The van der Waals surface area contributed by atoms with Gasteiger partial charge in [0.05, 0.1) is 0 Å². The molecule has 1 aromatic rings. The average molecular weight is 290 g/mol. The highest BCUT2D eigenvalue weighted by molar-refractivity contribution is 8.00. The van der Waals surface area contributed by atoms with E-state index in [2.05, 4.69) is 9.71 Å². The number of hydrogen-bond donors (Lipinski definition) is 3. The fourth-order valence-corrected chi connectivity index (χ4v) is 3.49. The third kappa shape index (κ3) is 2.70. The van der Waals surface area contributed by atoms with Gasteiger partial charge in [-0.05, 0) is 25.2 Å². The van der Waals surface area contributed by atoms with Crippen LogP contribution in [0, 0.1) is 0 Å². The summed E-state index contributed by atoms with van der Waals surface area (Å²) >= 11 is 1.66. The standard InChI is InChI=1S/C10H14N2O4S2/c1-17-10(2-3-10)6-12-18(15,16)7-4-8(9(13)14)11-5-7/h4-5,11-12H,2-3,6H2,1H3,(H,13,14). The van der Waals surface area contributed by atoms with Crippen molar-refractivity contribution < 1.29 is 18.3 Å². The molecule has 1 aliphatic carbocycles. The zero-order valence-corrected chi connectivity index (χ0v) is 11.4. The highest BCUT2D eigenvalue weighted by Gasteiger charge is 2.42. The maximum absolute atomic E-state index is 11.9. The molecule has 1 saturated carbocycles. The van der Waals surface area contributed by atoms with Crippen LogP contribution in [0.1, 0.15) is 23.3 Å². The summed E-state index contributed by atoms with van der Waals surface area (Å²) < 4.78 is 26.4. The van der Waals surface area contributed by atoms with Crippen LogP contribution in [-0.4, -0.2) is 42.0 Å². The number of rotatable bonds is 6. The number of sulfonamides is 1. The molecule has 0 aromatic carbocycles. The third-order valence-electron chi connectivity index (χ3n) is 3.02. The Balaban J connectivity index is 2.08. The highest BCUT2D eigenvalue weighted by Crippen LogP contribution is 2.46. The van der Waals surface area contributed by atoms with E-state index in [1.54, 1.807) is 11.8 Å². The van der Waals surface area contributed by atoms with E-state index in [1.807, 2.05) is 6.26 Å². The first-order valence-corrected chi connectivity index (χ1v) is 8.06. The molecule has 8 heteroatoms. The zero-order valence-electron chi connectivity index (χ0n) is 9.76. The smallest absolute Gasteiger partial charge is 0.352 e. The molecule has 100 valence electrons. The quantitative estimate of drug-likeness (QED) is 0.722. The number of nitrogens with one attached hydrogen (secondary N) is 2. The van der Waals surface area contributed by atoms with Crippen molar-refractivity contribution in [1.29, 1.82) is 0 Å². The lowest BCUT2D eigenvalue weighted by Gasteiger charge is -2.12. The molecule has 1 aliphatic rings. The van der Waals surface area contributed by atoms with Gasteiger partial charge < -0.3 is 10.1 Å². The van der Waals surface area contributed by atoms with E-state index in [-0.39, 0.29) is 15.3 Å². The van der Waals surface area contributed by atoms with Crippen LogP contribution in [0.3, 0.4) is 0 Å². The summed E-state index contributed by atoms with van der Waals surface area (Å²) in [5.41, 5.74) is -0.138. The van der Waals surface area contributed by atoms with Crippen molar-refractivity contribution in [2.45, 2.75) is 22.5 Å². The second kappa shape index (κ2) is 4.60. The molecule has 2 rings (SSSR count). The van der Waals surface area contributed by atoms with Crippen LogP contribution in [0.4, 0.5) is 0 Å². The Kier molecular flexibility index (Phi) is 3.43. The van der Waals surface area contributed by atoms with Gasteiger partial charge in [-0.3, -0.25) is 0 Å². The number of aromatic carboxylic acids is 1. The predicted molar refractivity (Wildman–Crippen MR) is 68.4 cm³/mol. The summed E-state index contributed by atoms with van der Waals surface area (Å²) in [6.07, 6.45) is 5.15. The van der Waals surface area contributed by atoms with E-state index < -0.39 is 16.0 Å². The first kappa shape index (κ1) is 13.4. The minimum absolute atomic E-state index is 0.0268. The fourth-order valence-electron chi connectivity index (χ4n) is 1.56. The first-order chi connectivity index (χ1) is 8.38. The van der Waals surface area contributed by atoms with E-state index in [1.165, 1.54) is 6.20 Å². The Hall–Kier alpha value is -0.990. The molecule has 0 saturated heterocycles. The molecule has 0 amide bonds. The molecule has 0 bridgehead atoms. The van der Waals surface area contributed by atoms with E-state index >= 15 is 0 Å². The van der Waals surface area contributed by atoms with Gasteiger partial charge in [-0.2, -0.15) is 11.8 Å². The number of H-pyrrole nitrogens is 1. The molecule has 1 heterocycles. The summed E-state index contributed by atoms with van der Waals surface area (Å²) in [5, 5.41) is 8.72. The number of aromatic amines is 1. The summed E-state index contributed by atoms with van der Waals surface area (Å²) in [6, 6.07) is 1.11. The topological polar surface area (TPSA) is 99.3 Å². The molecular weight excluding hydrogens is 276 g/mol. The van der Waals surface area contributed by atoms with Crippen LogP contribution in [0.25, 0.3) is 0 Å². The van der Waals surface area contributed by atoms with Crippen LogP contribution in [0.15, 0.2) is 17.2 Å². The number of carboxylic acids is 1. The van der Waals surface area contributed by atoms with Crippen LogP contribution in [0.2, 0.25) is 0 Å². The lowest BCUT2D eigenvalue weighted by atomic mass is 10.4. The van der Waals surface area contributed by atoms with Crippen molar-refractivity contribution in [2.75, 3.05) is 12.8 Å². The molecule has 18 heavy (non-hydrogen) atoms. The Labute approximate surface area is 109 Å². The molecule has 0 unspecified atom stereocenters. The Bertz CT molecular complexity index is 560. The van der Waals surface area contributed by atoms with E-state index in [0.29, 0.717) is 6.54 Å². The second-order valence-electron chi connectivity index (χ2n) is 4.27. The molecule has 6 nitrogen and oxygen atoms in total. The van der Waals surface area contributed by atoms with Gasteiger partial charge in [0.15, 0.2) is 0 Å². The molecular formula is C10H14N2O4S2. The molecule has 1 aromatic heterocycles. The lowest BCUT2D eigenvalue weighted by Crippen LogP contribution is -2.31. The monoisotopic (exact) mass is 290 g/mol. The molecule has 3 N–H and O–H groups in total. The van der Waals surface area contributed by atoms with Gasteiger partial charge in [-0.15, -0.1) is 0 Å². The van der Waals surface area contributed by atoms with Crippen LogP contribution in [0.5, 0.6) is 0 Å². The number of aromatic nitrogens is 1. The van der Waals surface area contributed by atoms with E-state index in [4.69, 9.17) is 5.11 Å². The minimum atomic E-state index is -3.63. The summed E-state index contributed by atoms with van der Waals surface area (Å²) in [5.74, 6) is -1.18. The van der Waals surface area contributed by atoms with Crippen LogP contribution < -0.4 is 4.72 Å². The first-order valence-electron chi connectivity index (χ1n) is 5.35. The number of hydrogen-bond acceptors (Lipinski definition) is 4. The molecule has 1 fully saturated rings. The van der Waals surface area contributed by atoms with Crippen LogP contribution >= 0.6 is 11.8 Å². The second-order valence-corrected chi connectivity index (χ2v) is 7.31. The maximum atomic E-state index is 11.9. The van der Waals surface area contributed by atoms with Crippen molar-refractivity contribution in [3.05, 3.63) is 18.0 Å². The maximum Gasteiger partial charge on any atom is 0.352 e. The van der Waals surface area contributed by atoms with Gasteiger partial charge in [0.2, 0.25) is 10.0 Å². The number of carboxylic acid groups (broad SMARTS) is 1. The van der Waals surface area contributed by atoms with Crippen molar-refractivity contribution in [3.63, 3.8) is 0 Å². The molecule has 0 spiro atoms. The van der Waals surface area contributed by atoms with Crippen molar-refractivity contribution in [1.82, 2.24) is 9.71 Å². The summed E-state index contributed by atoms with van der Waals surface area (Å²) in [6.45, 7) is 0.379. The number of carbonyl (C=O) groups is 1. The fraction of sp³-hybridized carbons (Fsp3) is 0.500. The van der Waals surface area contributed by atoms with E-state index in [9.17, 15) is 13.2 Å². The Morgan fingerprint density at radius 2 is 2.28 bits per heavy atom. The SMILES string of the molecule is CSC1(CNS(=O)(=O)c2c[nH]c(C(=O)O)c2)CC1. The number of thioether (sulfide) groups is 1. The summed E-state index contributed by atoms with van der Waals surface area (Å²) in [7, 11) is -3.63. The predicted octanol–water partition coefficient (Wildman–Crippen LogP) is 0.887.